The Kier molecular flexibility index (Phi) is 6.15. The number of piperidine rings is 1. The number of benzene rings is 2. The number of fused-ring (bicyclic) bond motifs is 2. The summed E-state index contributed by atoms with van der Waals surface area (Å²) in [6, 6.07) is 19.5. The highest BCUT2D eigenvalue weighted by molar-refractivity contribution is 5.84. The summed E-state index contributed by atoms with van der Waals surface area (Å²) in [6.07, 6.45) is 12.0. The second-order valence-corrected chi connectivity index (χ2v) is 11.5. The molecule has 2 fully saturated rings. The van der Waals surface area contributed by atoms with Crippen LogP contribution in [0.3, 0.4) is 0 Å². The molecule has 0 atom stereocenters. The van der Waals surface area contributed by atoms with Crippen molar-refractivity contribution in [2.45, 2.75) is 77.4 Å². The molecule has 0 unspecified atom stereocenters. The average molecular weight is 456 g/mol. The van der Waals surface area contributed by atoms with Gasteiger partial charge in [0, 0.05) is 61.0 Å². The van der Waals surface area contributed by atoms with Crippen LogP contribution < -0.4 is 4.90 Å². The summed E-state index contributed by atoms with van der Waals surface area (Å²) < 4.78 is 2.64. The standard InChI is InChI=1S/C31H41N3/c1-23(2)24-11-13-27(14-12-24)32-19-16-28(17-20-32)34-22-26(29-8-4-6-10-31(29)34)21-33-18-15-25-7-3-5-9-30(25)33/h3-10,22-24,27-28H,11-21H2,1-2H3. The number of hydrogen-bond donors (Lipinski definition) is 0. The van der Waals surface area contributed by atoms with Gasteiger partial charge in [-0.15, -0.1) is 0 Å². The zero-order valence-corrected chi connectivity index (χ0v) is 21.1. The summed E-state index contributed by atoms with van der Waals surface area (Å²) in [5, 5.41) is 1.45. The first-order valence-corrected chi connectivity index (χ1v) is 13.8. The third-order valence-corrected chi connectivity index (χ3v) is 9.26. The molecule has 3 aliphatic rings. The molecule has 2 aliphatic heterocycles. The second kappa shape index (κ2) is 9.41. The van der Waals surface area contributed by atoms with Crippen molar-refractivity contribution >= 4 is 16.6 Å². The summed E-state index contributed by atoms with van der Waals surface area (Å²) >= 11 is 0. The first-order valence-electron chi connectivity index (χ1n) is 13.8. The lowest BCUT2D eigenvalue weighted by Gasteiger charge is -2.42. The Morgan fingerprint density at radius 1 is 0.794 bits per heavy atom. The van der Waals surface area contributed by atoms with Crippen molar-refractivity contribution in [2.75, 3.05) is 24.5 Å². The number of anilines is 1. The van der Waals surface area contributed by atoms with Crippen molar-refractivity contribution in [3.05, 3.63) is 65.9 Å². The number of rotatable bonds is 5. The molecular weight excluding hydrogens is 414 g/mol. The summed E-state index contributed by atoms with van der Waals surface area (Å²) in [4.78, 5) is 5.42. The van der Waals surface area contributed by atoms with Crippen LogP contribution in [0.15, 0.2) is 54.7 Å². The van der Waals surface area contributed by atoms with Crippen molar-refractivity contribution in [3.63, 3.8) is 0 Å². The molecule has 1 aromatic heterocycles. The van der Waals surface area contributed by atoms with E-state index in [1.165, 1.54) is 85.8 Å². The number of para-hydroxylation sites is 2. The largest absolute Gasteiger partial charge is 0.367 e. The molecule has 0 N–H and O–H groups in total. The van der Waals surface area contributed by atoms with Gasteiger partial charge in [0.05, 0.1) is 0 Å². The molecule has 180 valence electrons. The Hall–Kier alpha value is -2.26. The molecule has 3 heterocycles. The smallest absolute Gasteiger partial charge is 0.0486 e. The summed E-state index contributed by atoms with van der Waals surface area (Å²) in [5.74, 6) is 1.82. The number of hydrogen-bond acceptors (Lipinski definition) is 2. The molecule has 1 aliphatic carbocycles. The average Bonchev–Trinajstić information content (AvgIpc) is 3.46. The van der Waals surface area contributed by atoms with Crippen LogP contribution in [0, 0.1) is 11.8 Å². The van der Waals surface area contributed by atoms with Crippen LogP contribution in [0.25, 0.3) is 10.9 Å². The maximum absolute atomic E-state index is 2.83. The molecule has 1 saturated heterocycles. The molecule has 0 bridgehead atoms. The van der Waals surface area contributed by atoms with Gasteiger partial charge in [0.1, 0.15) is 0 Å². The lowest BCUT2D eigenvalue weighted by molar-refractivity contribution is 0.0894. The minimum atomic E-state index is 0.632. The minimum Gasteiger partial charge on any atom is -0.367 e. The quantitative estimate of drug-likeness (QED) is 0.408. The van der Waals surface area contributed by atoms with E-state index in [-0.39, 0.29) is 0 Å². The van der Waals surface area contributed by atoms with Gasteiger partial charge in [-0.25, -0.2) is 0 Å². The highest BCUT2D eigenvalue weighted by Crippen LogP contribution is 2.37. The van der Waals surface area contributed by atoms with E-state index in [0.717, 1.165) is 31.0 Å². The number of aromatic nitrogens is 1. The van der Waals surface area contributed by atoms with Gasteiger partial charge in [-0.2, -0.15) is 0 Å². The zero-order chi connectivity index (χ0) is 23.1. The Bertz CT molecular complexity index is 1110. The van der Waals surface area contributed by atoms with Gasteiger partial charge in [0.2, 0.25) is 0 Å². The fraction of sp³-hybridized carbons (Fsp3) is 0.548. The van der Waals surface area contributed by atoms with E-state index in [9.17, 15) is 0 Å². The topological polar surface area (TPSA) is 11.4 Å². The third kappa shape index (κ3) is 4.17. The molecule has 0 spiro atoms. The van der Waals surface area contributed by atoms with Crippen molar-refractivity contribution in [1.82, 2.24) is 9.47 Å². The van der Waals surface area contributed by atoms with E-state index in [1.54, 1.807) is 0 Å². The molecule has 2 aromatic carbocycles. The summed E-state index contributed by atoms with van der Waals surface area (Å²) in [7, 11) is 0. The van der Waals surface area contributed by atoms with Crippen molar-refractivity contribution in [2.24, 2.45) is 11.8 Å². The Morgan fingerprint density at radius 2 is 1.53 bits per heavy atom. The second-order valence-electron chi connectivity index (χ2n) is 11.5. The number of nitrogens with zero attached hydrogens (tertiary/aromatic N) is 3. The zero-order valence-electron chi connectivity index (χ0n) is 21.1. The van der Waals surface area contributed by atoms with Crippen LogP contribution >= 0.6 is 0 Å². The molecular formula is C31H41N3. The lowest BCUT2D eigenvalue weighted by Crippen LogP contribution is -2.43. The van der Waals surface area contributed by atoms with Gasteiger partial charge in [-0.1, -0.05) is 50.2 Å². The maximum Gasteiger partial charge on any atom is 0.0486 e. The fourth-order valence-corrected chi connectivity index (χ4v) is 7.14. The molecule has 0 amide bonds. The van der Waals surface area contributed by atoms with Crippen molar-refractivity contribution in [1.29, 1.82) is 0 Å². The Balaban J connectivity index is 1.16. The minimum absolute atomic E-state index is 0.632. The molecule has 1 saturated carbocycles. The van der Waals surface area contributed by atoms with E-state index in [4.69, 9.17) is 0 Å². The van der Waals surface area contributed by atoms with Crippen molar-refractivity contribution < 1.29 is 0 Å². The van der Waals surface area contributed by atoms with Gasteiger partial charge in [-0.05, 0) is 80.0 Å². The van der Waals surface area contributed by atoms with Crippen LogP contribution in [0.2, 0.25) is 0 Å². The van der Waals surface area contributed by atoms with E-state index in [1.807, 2.05) is 0 Å². The summed E-state index contributed by atoms with van der Waals surface area (Å²) in [5.41, 5.74) is 5.85. The van der Waals surface area contributed by atoms with Gasteiger partial charge in [-0.3, -0.25) is 0 Å². The Labute approximate surface area is 205 Å². The van der Waals surface area contributed by atoms with Gasteiger partial charge >= 0.3 is 0 Å². The monoisotopic (exact) mass is 455 g/mol. The molecule has 3 nitrogen and oxygen atoms in total. The van der Waals surface area contributed by atoms with Crippen LogP contribution in [0.4, 0.5) is 5.69 Å². The first kappa shape index (κ1) is 22.2. The highest BCUT2D eigenvalue weighted by atomic mass is 15.2. The Morgan fingerprint density at radius 3 is 2.32 bits per heavy atom. The fourth-order valence-electron chi connectivity index (χ4n) is 7.14. The van der Waals surface area contributed by atoms with E-state index in [2.05, 4.69) is 82.9 Å². The first-order chi connectivity index (χ1) is 16.7. The van der Waals surface area contributed by atoms with Crippen molar-refractivity contribution in [3.8, 4) is 0 Å². The van der Waals surface area contributed by atoms with Crippen LogP contribution in [0.5, 0.6) is 0 Å². The lowest BCUT2D eigenvalue weighted by atomic mass is 9.79. The molecule has 3 aromatic rings. The normalized spacial score (nSPS) is 24.3. The molecule has 6 rings (SSSR count). The van der Waals surface area contributed by atoms with E-state index in [0.29, 0.717) is 6.04 Å². The number of likely N-dealkylation sites (tertiary alicyclic amines) is 1. The van der Waals surface area contributed by atoms with Gasteiger partial charge in [0.25, 0.3) is 0 Å². The van der Waals surface area contributed by atoms with Crippen LogP contribution in [-0.4, -0.2) is 35.1 Å². The summed E-state index contributed by atoms with van der Waals surface area (Å²) in [6.45, 7) is 9.51. The van der Waals surface area contributed by atoms with Gasteiger partial charge in [0.15, 0.2) is 0 Å². The van der Waals surface area contributed by atoms with E-state index >= 15 is 0 Å². The maximum atomic E-state index is 2.83. The highest BCUT2D eigenvalue weighted by Gasteiger charge is 2.31. The molecule has 0 radical (unpaired) electrons. The third-order valence-electron chi connectivity index (χ3n) is 9.26. The molecule has 3 heteroatoms. The SMILES string of the molecule is CC(C)C1CCC(N2CCC(n3cc(CN4CCc5ccccc54)c4ccccc43)CC2)CC1. The van der Waals surface area contributed by atoms with Crippen LogP contribution in [-0.2, 0) is 13.0 Å². The van der Waals surface area contributed by atoms with Crippen LogP contribution in [0.1, 0.15) is 69.5 Å². The van der Waals surface area contributed by atoms with Gasteiger partial charge < -0.3 is 14.4 Å². The predicted molar refractivity (Wildman–Crippen MR) is 144 cm³/mol. The predicted octanol–water partition coefficient (Wildman–Crippen LogP) is 7.06. The molecule has 34 heavy (non-hydrogen) atoms. The van der Waals surface area contributed by atoms with E-state index < -0.39 is 0 Å².